The number of carbonyl (C=O) groups is 4. The van der Waals surface area contributed by atoms with Gasteiger partial charge in [0.15, 0.2) is 0 Å². The molecule has 1 amide bonds. The van der Waals surface area contributed by atoms with Crippen molar-refractivity contribution in [2.24, 2.45) is 0 Å². The number of hydrogen-bond donors (Lipinski definition) is 0. The SMILES string of the molecule is CCOC(=O)[C@@]12O[C@]3(COC[C@@H](c4ccccc4)N3C1=O)C(C(=O)OC)=C2C(=O)OC. The van der Waals surface area contributed by atoms with Crippen molar-refractivity contribution in [1.29, 1.82) is 0 Å². The van der Waals surface area contributed by atoms with E-state index in [1.54, 1.807) is 31.2 Å². The molecule has 3 aliphatic heterocycles. The maximum atomic E-state index is 13.8. The zero-order chi connectivity index (χ0) is 22.4. The predicted octanol–water partition coefficient (Wildman–Crippen LogP) is 0.271. The maximum absolute atomic E-state index is 13.8. The quantitative estimate of drug-likeness (QED) is 0.368. The molecular weight excluding hydrogens is 410 g/mol. The highest BCUT2D eigenvalue weighted by Gasteiger charge is 2.79. The van der Waals surface area contributed by atoms with Crippen LogP contribution in [0.4, 0.5) is 0 Å². The largest absolute Gasteiger partial charge is 0.466 e. The van der Waals surface area contributed by atoms with E-state index >= 15 is 0 Å². The summed E-state index contributed by atoms with van der Waals surface area (Å²) < 4.78 is 26.5. The maximum Gasteiger partial charge on any atom is 0.353 e. The first-order valence-electron chi connectivity index (χ1n) is 9.64. The van der Waals surface area contributed by atoms with Crippen LogP contribution in [0.1, 0.15) is 18.5 Å². The molecule has 164 valence electrons. The molecular formula is C21H21NO9. The summed E-state index contributed by atoms with van der Waals surface area (Å²) in [5, 5.41) is 0. The standard InChI is InChI=1S/C21H21NO9/c1-4-30-19(26)21-15(17(24)28-3)14(16(23)27-2)20(31-21)11-29-10-13(22(20)18(21)25)12-8-6-5-7-9-12/h5-9,13H,4,10-11H2,1-3H3/t13-,20+,21-/m0/s1. The lowest BCUT2D eigenvalue weighted by Crippen LogP contribution is -2.62. The summed E-state index contributed by atoms with van der Waals surface area (Å²) in [5.41, 5.74) is -4.49. The van der Waals surface area contributed by atoms with Crippen LogP contribution in [0.25, 0.3) is 0 Å². The number of rotatable bonds is 5. The number of benzene rings is 1. The molecule has 0 N–H and O–H groups in total. The lowest BCUT2D eigenvalue weighted by atomic mass is 9.82. The van der Waals surface area contributed by atoms with Gasteiger partial charge in [-0.1, -0.05) is 30.3 Å². The average molecular weight is 431 g/mol. The Balaban J connectivity index is 1.99. The zero-order valence-electron chi connectivity index (χ0n) is 17.2. The number of fused-ring (bicyclic) bond motifs is 1. The minimum Gasteiger partial charge on any atom is -0.466 e. The van der Waals surface area contributed by atoms with Crippen molar-refractivity contribution in [2.45, 2.75) is 24.3 Å². The van der Waals surface area contributed by atoms with Crippen molar-refractivity contribution >= 4 is 23.8 Å². The second kappa shape index (κ2) is 7.47. The minimum atomic E-state index is -2.49. The molecule has 10 heteroatoms. The summed E-state index contributed by atoms with van der Waals surface area (Å²) in [6, 6.07) is 8.27. The second-order valence-corrected chi connectivity index (χ2v) is 7.14. The lowest BCUT2D eigenvalue weighted by Gasteiger charge is -2.45. The monoisotopic (exact) mass is 431 g/mol. The van der Waals surface area contributed by atoms with Crippen molar-refractivity contribution in [3.05, 3.63) is 47.0 Å². The van der Waals surface area contributed by atoms with Crippen molar-refractivity contribution in [1.82, 2.24) is 4.90 Å². The zero-order valence-corrected chi connectivity index (χ0v) is 17.2. The van der Waals surface area contributed by atoms with Crippen molar-refractivity contribution in [3.8, 4) is 0 Å². The molecule has 0 unspecified atom stereocenters. The van der Waals surface area contributed by atoms with E-state index < -0.39 is 46.8 Å². The number of esters is 3. The van der Waals surface area contributed by atoms with E-state index in [4.69, 9.17) is 23.7 Å². The van der Waals surface area contributed by atoms with Crippen molar-refractivity contribution in [2.75, 3.05) is 34.0 Å². The summed E-state index contributed by atoms with van der Waals surface area (Å²) in [7, 11) is 2.19. The summed E-state index contributed by atoms with van der Waals surface area (Å²) >= 11 is 0. The van der Waals surface area contributed by atoms with Crippen LogP contribution in [0.2, 0.25) is 0 Å². The molecule has 10 nitrogen and oxygen atoms in total. The Bertz CT molecular complexity index is 988. The van der Waals surface area contributed by atoms with Gasteiger partial charge in [-0.05, 0) is 12.5 Å². The van der Waals surface area contributed by atoms with E-state index in [0.29, 0.717) is 5.56 Å². The Labute approximate surface area is 177 Å². The van der Waals surface area contributed by atoms with E-state index in [0.717, 1.165) is 14.2 Å². The Hall–Kier alpha value is -3.24. The van der Waals surface area contributed by atoms with Crippen LogP contribution in [-0.2, 0) is 42.9 Å². The summed E-state index contributed by atoms with van der Waals surface area (Å²) in [5.74, 6) is -3.95. The molecule has 31 heavy (non-hydrogen) atoms. The van der Waals surface area contributed by atoms with Crippen LogP contribution < -0.4 is 0 Å². The molecule has 1 aromatic carbocycles. The molecule has 2 fully saturated rings. The predicted molar refractivity (Wildman–Crippen MR) is 101 cm³/mol. The van der Waals surface area contributed by atoms with Gasteiger partial charge < -0.3 is 23.7 Å². The van der Waals surface area contributed by atoms with Crippen molar-refractivity contribution < 1.29 is 42.9 Å². The first kappa shape index (κ1) is 21.0. The van der Waals surface area contributed by atoms with E-state index in [1.807, 2.05) is 6.07 Å². The first-order chi connectivity index (χ1) is 14.9. The van der Waals surface area contributed by atoms with Crippen LogP contribution in [0.15, 0.2) is 41.5 Å². The van der Waals surface area contributed by atoms with Gasteiger partial charge >= 0.3 is 17.9 Å². The minimum absolute atomic E-state index is 0.0785. The lowest BCUT2D eigenvalue weighted by molar-refractivity contribution is -0.192. The van der Waals surface area contributed by atoms with Gasteiger partial charge in [0.05, 0.1) is 40.1 Å². The Morgan fingerprint density at radius 3 is 2.35 bits per heavy atom. The highest BCUT2D eigenvalue weighted by Crippen LogP contribution is 2.57. The summed E-state index contributed by atoms with van der Waals surface area (Å²) in [6.45, 7) is 1.28. The van der Waals surface area contributed by atoms with Crippen LogP contribution in [0, 0.1) is 0 Å². The van der Waals surface area contributed by atoms with Crippen LogP contribution in [0.3, 0.4) is 0 Å². The molecule has 3 aliphatic rings. The average Bonchev–Trinajstić information content (AvgIpc) is 3.24. The molecule has 0 aromatic heterocycles. The van der Waals surface area contributed by atoms with E-state index in [-0.39, 0.29) is 25.4 Å². The third-order valence-electron chi connectivity index (χ3n) is 5.64. The van der Waals surface area contributed by atoms with Gasteiger partial charge in [0.1, 0.15) is 11.1 Å². The number of methoxy groups -OCH3 is 2. The van der Waals surface area contributed by atoms with Gasteiger partial charge in [-0.25, -0.2) is 14.4 Å². The molecule has 4 rings (SSSR count). The van der Waals surface area contributed by atoms with Gasteiger partial charge in [-0.2, -0.15) is 0 Å². The van der Waals surface area contributed by atoms with Crippen LogP contribution >= 0.6 is 0 Å². The van der Waals surface area contributed by atoms with E-state index in [2.05, 4.69) is 0 Å². The Morgan fingerprint density at radius 1 is 1.10 bits per heavy atom. The number of carbonyl (C=O) groups excluding carboxylic acids is 4. The van der Waals surface area contributed by atoms with E-state index in [1.165, 1.54) is 4.90 Å². The van der Waals surface area contributed by atoms with Gasteiger partial charge in [0, 0.05) is 0 Å². The first-order valence-corrected chi connectivity index (χ1v) is 9.64. The molecule has 1 aromatic rings. The fourth-order valence-corrected chi connectivity index (χ4v) is 4.42. The van der Waals surface area contributed by atoms with Gasteiger partial charge in [0.25, 0.3) is 11.5 Å². The van der Waals surface area contributed by atoms with Gasteiger partial charge in [-0.3, -0.25) is 9.69 Å². The number of nitrogens with zero attached hydrogens (tertiary/aromatic N) is 1. The Morgan fingerprint density at radius 2 is 1.74 bits per heavy atom. The molecule has 2 saturated heterocycles. The number of morpholine rings is 1. The fourth-order valence-electron chi connectivity index (χ4n) is 4.42. The molecule has 0 aliphatic carbocycles. The molecule has 0 saturated carbocycles. The number of hydrogen-bond acceptors (Lipinski definition) is 9. The number of ether oxygens (including phenoxy) is 5. The van der Waals surface area contributed by atoms with Crippen LogP contribution in [-0.4, -0.2) is 74.1 Å². The fraction of sp³-hybridized carbons (Fsp3) is 0.429. The van der Waals surface area contributed by atoms with Crippen molar-refractivity contribution in [3.63, 3.8) is 0 Å². The third kappa shape index (κ3) is 2.64. The molecule has 3 heterocycles. The highest BCUT2D eigenvalue weighted by atomic mass is 16.6. The smallest absolute Gasteiger partial charge is 0.353 e. The molecule has 1 spiro atoms. The Kier molecular flexibility index (Phi) is 5.06. The summed E-state index contributed by atoms with van der Waals surface area (Å²) in [6.07, 6.45) is 0. The molecule has 3 atom stereocenters. The van der Waals surface area contributed by atoms with Gasteiger partial charge in [-0.15, -0.1) is 0 Å². The van der Waals surface area contributed by atoms with E-state index in [9.17, 15) is 19.2 Å². The molecule has 2 bridgehead atoms. The van der Waals surface area contributed by atoms with Gasteiger partial charge in [0.2, 0.25) is 5.72 Å². The normalized spacial score (nSPS) is 28.9. The topological polar surface area (TPSA) is 118 Å². The second-order valence-electron chi connectivity index (χ2n) is 7.14. The third-order valence-corrected chi connectivity index (χ3v) is 5.64. The highest BCUT2D eigenvalue weighted by molar-refractivity contribution is 6.23. The summed E-state index contributed by atoms with van der Waals surface area (Å²) in [4.78, 5) is 53.7. The number of amides is 1. The van der Waals surface area contributed by atoms with Crippen LogP contribution in [0.5, 0.6) is 0 Å². The molecule has 0 radical (unpaired) electrons.